The fourth-order valence-corrected chi connectivity index (χ4v) is 4.94. The second-order valence-corrected chi connectivity index (χ2v) is 9.67. The van der Waals surface area contributed by atoms with Crippen molar-refractivity contribution >= 4 is 33.2 Å². The zero-order valence-corrected chi connectivity index (χ0v) is 20.8. The lowest BCUT2D eigenvalue weighted by molar-refractivity contribution is 0.0473. The van der Waals surface area contributed by atoms with Gasteiger partial charge in [-0.3, -0.25) is 14.3 Å². The number of hydrogen-bond acceptors (Lipinski definition) is 7. The maximum absolute atomic E-state index is 13.0. The van der Waals surface area contributed by atoms with Gasteiger partial charge in [-0.2, -0.15) is 0 Å². The third kappa shape index (κ3) is 5.60. The van der Waals surface area contributed by atoms with Crippen LogP contribution in [0.4, 0.5) is 5.69 Å². The highest BCUT2D eigenvalue weighted by Gasteiger charge is 2.24. The first-order valence-corrected chi connectivity index (χ1v) is 12.1. The molecule has 0 bridgehead atoms. The molecule has 0 spiro atoms. The van der Waals surface area contributed by atoms with Gasteiger partial charge in [0, 0.05) is 16.9 Å². The molecule has 9 nitrogen and oxygen atoms in total. The maximum atomic E-state index is 13.0. The minimum absolute atomic E-state index is 0.0338. The Bertz CT molecular complexity index is 1400. The van der Waals surface area contributed by atoms with Crippen molar-refractivity contribution < 1.29 is 32.3 Å². The average molecular weight is 499 g/mol. The van der Waals surface area contributed by atoms with E-state index in [1.54, 1.807) is 38.1 Å². The zero-order valence-electron chi connectivity index (χ0n) is 20.0. The molecule has 10 heteroatoms. The van der Waals surface area contributed by atoms with Crippen molar-refractivity contribution in [3.05, 3.63) is 76.1 Å². The van der Waals surface area contributed by atoms with Crippen LogP contribution in [0, 0.1) is 20.8 Å². The Morgan fingerprint density at radius 2 is 1.66 bits per heavy atom. The van der Waals surface area contributed by atoms with E-state index in [0.717, 1.165) is 11.6 Å². The Morgan fingerprint density at radius 1 is 1.00 bits per heavy atom. The summed E-state index contributed by atoms with van der Waals surface area (Å²) in [7, 11) is -2.79. The van der Waals surface area contributed by atoms with E-state index in [1.165, 1.54) is 26.2 Å². The van der Waals surface area contributed by atoms with Crippen molar-refractivity contribution in [1.29, 1.82) is 0 Å². The molecule has 3 rings (SSSR count). The van der Waals surface area contributed by atoms with E-state index in [9.17, 15) is 22.8 Å². The topological polar surface area (TPSA) is 132 Å². The number of methoxy groups -OCH3 is 1. The van der Waals surface area contributed by atoms with E-state index < -0.39 is 28.4 Å². The first-order valence-electron chi connectivity index (χ1n) is 10.6. The van der Waals surface area contributed by atoms with Crippen LogP contribution in [0.25, 0.3) is 0 Å². The van der Waals surface area contributed by atoms with Gasteiger partial charge in [0.15, 0.2) is 12.4 Å². The summed E-state index contributed by atoms with van der Waals surface area (Å²) >= 11 is 0. The number of Topliss-reactive ketones (excluding diaryl/α,β-unsaturated/α-hetero) is 2. The molecule has 3 aromatic rings. The molecular formula is C25H26N2O7S. The molecule has 0 aliphatic carbocycles. The minimum atomic E-state index is -4.10. The Balaban J connectivity index is 1.80. The maximum Gasteiger partial charge on any atom is 0.338 e. The van der Waals surface area contributed by atoms with Gasteiger partial charge >= 0.3 is 5.97 Å². The van der Waals surface area contributed by atoms with Crippen molar-refractivity contribution in [2.75, 3.05) is 18.4 Å². The Morgan fingerprint density at radius 3 is 2.23 bits per heavy atom. The van der Waals surface area contributed by atoms with E-state index in [-0.39, 0.29) is 27.7 Å². The SMILES string of the molecule is COc1ccc(C(=O)OCC(=O)c2[nH]c(C)c(C(C)=O)c2C)cc1S(=O)(=O)Nc1ccc(C)cc1. The Hall–Kier alpha value is -3.92. The van der Waals surface area contributed by atoms with Gasteiger partial charge < -0.3 is 14.5 Å². The quantitative estimate of drug-likeness (QED) is 0.337. The summed E-state index contributed by atoms with van der Waals surface area (Å²) in [5.41, 5.74) is 2.87. The Labute approximate surface area is 203 Å². The van der Waals surface area contributed by atoms with Crippen LogP contribution in [-0.4, -0.2) is 44.7 Å². The molecule has 0 atom stereocenters. The van der Waals surface area contributed by atoms with Gasteiger partial charge in [0.05, 0.1) is 18.4 Å². The van der Waals surface area contributed by atoms with E-state index in [0.29, 0.717) is 22.5 Å². The van der Waals surface area contributed by atoms with Gasteiger partial charge in [-0.25, -0.2) is 13.2 Å². The molecule has 0 aliphatic heterocycles. The largest absolute Gasteiger partial charge is 0.495 e. The summed E-state index contributed by atoms with van der Waals surface area (Å²) in [6.07, 6.45) is 0. The number of esters is 1. The number of nitrogens with one attached hydrogen (secondary N) is 2. The normalized spacial score (nSPS) is 11.1. The second kappa shape index (κ2) is 10.1. The molecule has 0 amide bonds. The van der Waals surface area contributed by atoms with Crippen molar-refractivity contribution in [1.82, 2.24) is 4.98 Å². The molecule has 2 aromatic carbocycles. The van der Waals surface area contributed by atoms with Gasteiger partial charge in [-0.05, 0) is 63.6 Å². The number of aryl methyl sites for hydroxylation is 2. The van der Waals surface area contributed by atoms with Crippen molar-refractivity contribution in [3.8, 4) is 5.75 Å². The number of benzene rings is 2. The molecule has 35 heavy (non-hydrogen) atoms. The smallest absolute Gasteiger partial charge is 0.338 e. The fourth-order valence-electron chi connectivity index (χ4n) is 3.69. The van der Waals surface area contributed by atoms with Crippen LogP contribution in [0.15, 0.2) is 47.4 Å². The minimum Gasteiger partial charge on any atom is -0.495 e. The molecule has 1 aromatic heterocycles. The highest BCUT2D eigenvalue weighted by Crippen LogP contribution is 2.27. The van der Waals surface area contributed by atoms with Crippen LogP contribution in [0.2, 0.25) is 0 Å². The molecule has 0 saturated carbocycles. The molecule has 0 radical (unpaired) electrons. The van der Waals surface area contributed by atoms with Gasteiger partial charge in [0.1, 0.15) is 10.6 Å². The summed E-state index contributed by atoms with van der Waals surface area (Å²) in [5, 5.41) is 0. The van der Waals surface area contributed by atoms with Crippen LogP contribution in [0.1, 0.15) is 54.9 Å². The molecule has 0 saturated heterocycles. The predicted molar refractivity (Wildman–Crippen MR) is 130 cm³/mol. The van der Waals surface area contributed by atoms with Gasteiger partial charge in [0.25, 0.3) is 10.0 Å². The van der Waals surface area contributed by atoms with Gasteiger partial charge in [-0.15, -0.1) is 0 Å². The summed E-state index contributed by atoms with van der Waals surface area (Å²) in [6.45, 7) is 6.00. The fraction of sp³-hybridized carbons (Fsp3) is 0.240. The lowest BCUT2D eigenvalue weighted by Gasteiger charge is -2.13. The molecule has 0 fully saturated rings. The van der Waals surface area contributed by atoms with Crippen LogP contribution in [0.3, 0.4) is 0 Å². The summed E-state index contributed by atoms with van der Waals surface area (Å²) in [5.74, 6) is -1.56. The van der Waals surface area contributed by atoms with Crippen LogP contribution < -0.4 is 9.46 Å². The lowest BCUT2D eigenvalue weighted by Crippen LogP contribution is -2.17. The first-order chi connectivity index (χ1) is 16.4. The van der Waals surface area contributed by atoms with Crippen LogP contribution in [0.5, 0.6) is 5.75 Å². The lowest BCUT2D eigenvalue weighted by atomic mass is 10.1. The highest BCUT2D eigenvalue weighted by molar-refractivity contribution is 7.92. The standard InChI is InChI=1S/C25H26N2O7S/c1-14-6-9-19(10-7-14)27-35(31,32)22-12-18(8-11-21(22)33-5)25(30)34-13-20(29)24-15(2)23(17(4)28)16(3)26-24/h6-12,26-27H,13H2,1-5H3. The monoisotopic (exact) mass is 498 g/mol. The van der Waals surface area contributed by atoms with Gasteiger partial charge in [0.2, 0.25) is 5.78 Å². The number of ether oxygens (including phenoxy) is 2. The van der Waals surface area contributed by atoms with E-state index in [1.807, 2.05) is 6.92 Å². The third-order valence-electron chi connectivity index (χ3n) is 5.40. The zero-order chi connectivity index (χ0) is 25.9. The number of aromatic nitrogens is 1. The highest BCUT2D eigenvalue weighted by atomic mass is 32.2. The number of aromatic amines is 1. The third-order valence-corrected chi connectivity index (χ3v) is 6.80. The Kier molecular flexibility index (Phi) is 7.45. The molecule has 184 valence electrons. The summed E-state index contributed by atoms with van der Waals surface area (Å²) in [6, 6.07) is 10.5. The molecule has 0 aliphatic rings. The molecule has 0 unspecified atom stereocenters. The van der Waals surface area contributed by atoms with Gasteiger partial charge in [-0.1, -0.05) is 17.7 Å². The molecule has 1 heterocycles. The summed E-state index contributed by atoms with van der Waals surface area (Å²) < 4.78 is 38.7. The number of carbonyl (C=O) groups is 3. The number of sulfonamides is 1. The number of carbonyl (C=O) groups excluding carboxylic acids is 3. The van der Waals surface area contributed by atoms with Crippen molar-refractivity contribution in [3.63, 3.8) is 0 Å². The average Bonchev–Trinajstić information content (AvgIpc) is 3.12. The predicted octanol–water partition coefficient (Wildman–Crippen LogP) is 3.99. The van der Waals surface area contributed by atoms with E-state index in [4.69, 9.17) is 9.47 Å². The number of H-pyrrole nitrogens is 1. The number of anilines is 1. The second-order valence-electron chi connectivity index (χ2n) is 8.02. The summed E-state index contributed by atoms with van der Waals surface area (Å²) in [4.78, 5) is 39.6. The molecule has 2 N–H and O–H groups in total. The van der Waals surface area contributed by atoms with Crippen LogP contribution in [-0.2, 0) is 14.8 Å². The van der Waals surface area contributed by atoms with Crippen LogP contribution >= 0.6 is 0 Å². The van der Waals surface area contributed by atoms with E-state index in [2.05, 4.69) is 9.71 Å². The number of hydrogen-bond donors (Lipinski definition) is 2. The molecular weight excluding hydrogens is 472 g/mol. The number of rotatable bonds is 9. The van der Waals surface area contributed by atoms with Crippen molar-refractivity contribution in [2.45, 2.75) is 32.6 Å². The number of ketones is 2. The van der Waals surface area contributed by atoms with Crippen molar-refractivity contribution in [2.24, 2.45) is 0 Å². The van der Waals surface area contributed by atoms with E-state index >= 15 is 0 Å². The first kappa shape index (κ1) is 25.7.